The van der Waals surface area contributed by atoms with Gasteiger partial charge in [-0.1, -0.05) is 0 Å². The zero-order valence-corrected chi connectivity index (χ0v) is 13.0. The van der Waals surface area contributed by atoms with Gasteiger partial charge in [-0.05, 0) is 6.42 Å². The number of carbonyl (C=O) groups is 2. The predicted molar refractivity (Wildman–Crippen MR) is 87.6 cm³/mol. The molecule has 0 aromatic carbocycles. The van der Waals surface area contributed by atoms with E-state index in [1.54, 1.807) is 18.6 Å². The fraction of sp³-hybridized carbons (Fsp3) is 0.533. The first-order valence-electron chi connectivity index (χ1n) is 7.81. The fourth-order valence-corrected chi connectivity index (χ4v) is 2.13. The van der Waals surface area contributed by atoms with E-state index in [0.29, 0.717) is 51.7 Å². The highest BCUT2D eigenvalue weighted by Gasteiger charge is 2.06. The fourth-order valence-electron chi connectivity index (χ4n) is 2.13. The molecule has 1 aromatic rings. The number of aromatic nitrogens is 2. The Morgan fingerprint density at radius 1 is 1.13 bits per heavy atom. The summed E-state index contributed by atoms with van der Waals surface area (Å²) < 4.78 is 0. The first-order chi connectivity index (χ1) is 11.2. The van der Waals surface area contributed by atoms with Gasteiger partial charge < -0.3 is 15.6 Å². The molecule has 1 aliphatic heterocycles. The summed E-state index contributed by atoms with van der Waals surface area (Å²) >= 11 is 0. The Labute approximate surface area is 134 Å². The maximum Gasteiger partial charge on any atom is 0.220 e. The summed E-state index contributed by atoms with van der Waals surface area (Å²) in [7, 11) is 0. The molecule has 0 spiro atoms. The third kappa shape index (κ3) is 6.86. The van der Waals surface area contributed by atoms with Gasteiger partial charge in [0.15, 0.2) is 0 Å². The van der Waals surface area contributed by atoms with Gasteiger partial charge in [0.25, 0.3) is 0 Å². The number of aromatic amines is 1. The molecule has 8 heteroatoms. The highest BCUT2D eigenvalue weighted by atomic mass is 16.2. The van der Waals surface area contributed by atoms with Gasteiger partial charge in [-0.25, -0.2) is 9.98 Å². The highest BCUT2D eigenvalue weighted by Crippen LogP contribution is 1.97. The van der Waals surface area contributed by atoms with E-state index in [1.807, 2.05) is 0 Å². The monoisotopic (exact) mass is 318 g/mol. The van der Waals surface area contributed by atoms with Crippen molar-refractivity contribution in [1.29, 1.82) is 0 Å². The largest absolute Gasteiger partial charge is 0.356 e. The van der Waals surface area contributed by atoms with Crippen LogP contribution in [-0.2, 0) is 16.0 Å². The minimum atomic E-state index is -0.0454. The number of nitrogens with one attached hydrogen (secondary N) is 3. The molecule has 0 aliphatic carbocycles. The summed E-state index contributed by atoms with van der Waals surface area (Å²) in [5, 5.41) is 5.62. The van der Waals surface area contributed by atoms with Crippen molar-refractivity contribution >= 4 is 23.9 Å². The molecule has 1 aliphatic rings. The average Bonchev–Trinajstić information content (AvgIpc) is 3.20. The number of aliphatic imine (C=N–C) groups is 2. The lowest BCUT2D eigenvalue weighted by atomic mass is 10.2. The molecule has 1 aromatic heterocycles. The van der Waals surface area contributed by atoms with Crippen LogP contribution in [0.15, 0.2) is 22.4 Å². The van der Waals surface area contributed by atoms with Gasteiger partial charge in [0.2, 0.25) is 11.8 Å². The summed E-state index contributed by atoms with van der Waals surface area (Å²) in [5.41, 5.74) is 0. The number of rotatable bonds is 10. The normalized spacial score (nSPS) is 13.0. The molecule has 0 radical (unpaired) electrons. The SMILES string of the molecule is O=C(CCCC(=O)NCCc1ncc[nH]1)NCCC1=NCC=N1. The van der Waals surface area contributed by atoms with E-state index in [0.717, 1.165) is 11.7 Å². The average molecular weight is 318 g/mol. The summed E-state index contributed by atoms with van der Waals surface area (Å²) in [6.45, 7) is 1.71. The van der Waals surface area contributed by atoms with Gasteiger partial charge in [0.05, 0.1) is 6.54 Å². The molecular formula is C15H22N6O2. The molecule has 0 saturated heterocycles. The summed E-state index contributed by atoms with van der Waals surface area (Å²) in [4.78, 5) is 38.6. The number of carbonyl (C=O) groups excluding carboxylic acids is 2. The second-order valence-electron chi connectivity index (χ2n) is 5.16. The Morgan fingerprint density at radius 3 is 2.48 bits per heavy atom. The van der Waals surface area contributed by atoms with E-state index in [9.17, 15) is 9.59 Å². The lowest BCUT2D eigenvalue weighted by Crippen LogP contribution is -2.27. The molecule has 0 unspecified atom stereocenters. The van der Waals surface area contributed by atoms with Crippen LogP contribution in [0.5, 0.6) is 0 Å². The van der Waals surface area contributed by atoms with E-state index >= 15 is 0 Å². The summed E-state index contributed by atoms with van der Waals surface area (Å²) in [6, 6.07) is 0. The lowest BCUT2D eigenvalue weighted by Gasteiger charge is -2.05. The van der Waals surface area contributed by atoms with Crippen molar-refractivity contribution in [3.8, 4) is 0 Å². The molecule has 2 amide bonds. The molecule has 3 N–H and O–H groups in total. The third-order valence-corrected chi connectivity index (χ3v) is 3.31. The molecular weight excluding hydrogens is 296 g/mol. The van der Waals surface area contributed by atoms with Crippen LogP contribution >= 0.6 is 0 Å². The third-order valence-electron chi connectivity index (χ3n) is 3.31. The van der Waals surface area contributed by atoms with E-state index in [4.69, 9.17) is 0 Å². The second-order valence-corrected chi connectivity index (χ2v) is 5.16. The Balaban J connectivity index is 1.46. The van der Waals surface area contributed by atoms with Crippen molar-refractivity contribution in [3.63, 3.8) is 0 Å². The van der Waals surface area contributed by atoms with Crippen molar-refractivity contribution in [2.24, 2.45) is 9.98 Å². The van der Waals surface area contributed by atoms with Crippen LogP contribution in [0.25, 0.3) is 0 Å². The molecule has 2 rings (SSSR count). The van der Waals surface area contributed by atoms with Crippen molar-refractivity contribution in [3.05, 3.63) is 18.2 Å². The molecule has 124 valence electrons. The van der Waals surface area contributed by atoms with Crippen molar-refractivity contribution in [2.75, 3.05) is 19.6 Å². The molecule has 0 bridgehead atoms. The van der Waals surface area contributed by atoms with Gasteiger partial charge in [-0.3, -0.25) is 14.6 Å². The number of imidazole rings is 1. The van der Waals surface area contributed by atoms with E-state index < -0.39 is 0 Å². The van der Waals surface area contributed by atoms with Gasteiger partial charge >= 0.3 is 0 Å². The molecule has 0 fully saturated rings. The Bertz CT molecular complexity index is 565. The van der Waals surface area contributed by atoms with E-state index in [1.165, 1.54) is 0 Å². The van der Waals surface area contributed by atoms with Gasteiger partial charge in [0, 0.05) is 57.4 Å². The molecule has 8 nitrogen and oxygen atoms in total. The van der Waals surface area contributed by atoms with Crippen molar-refractivity contribution < 1.29 is 9.59 Å². The standard InChI is InChI=1S/C15H22N6O2/c22-14(20-6-4-12-16-8-9-17-12)2-1-3-15(23)21-7-5-13-18-10-11-19-13/h8-10H,1-7,11H2,(H,16,17)(H,20,22)(H,21,23). The van der Waals surface area contributed by atoms with Crippen LogP contribution < -0.4 is 10.6 Å². The number of amides is 2. The number of nitrogens with zero attached hydrogens (tertiary/aromatic N) is 3. The highest BCUT2D eigenvalue weighted by molar-refractivity contribution is 5.94. The van der Waals surface area contributed by atoms with Crippen LogP contribution in [0.2, 0.25) is 0 Å². The lowest BCUT2D eigenvalue weighted by molar-refractivity contribution is -0.122. The molecule has 23 heavy (non-hydrogen) atoms. The minimum absolute atomic E-state index is 0.0426. The first-order valence-corrected chi connectivity index (χ1v) is 7.81. The maximum absolute atomic E-state index is 11.6. The van der Waals surface area contributed by atoms with Crippen LogP contribution in [0, 0.1) is 0 Å². The second kappa shape index (κ2) is 9.50. The topological polar surface area (TPSA) is 112 Å². The summed E-state index contributed by atoms with van der Waals surface area (Å²) in [5.74, 6) is 1.54. The Hall–Kier alpha value is -2.51. The van der Waals surface area contributed by atoms with Gasteiger partial charge in [-0.2, -0.15) is 0 Å². The predicted octanol–water partition coefficient (Wildman–Crippen LogP) is 0.228. The number of amidine groups is 1. The maximum atomic E-state index is 11.6. The molecule has 0 atom stereocenters. The zero-order chi connectivity index (χ0) is 16.3. The molecule has 2 heterocycles. The van der Waals surface area contributed by atoms with Crippen molar-refractivity contribution in [2.45, 2.75) is 32.1 Å². The smallest absolute Gasteiger partial charge is 0.220 e. The quantitative estimate of drug-likeness (QED) is 0.574. The number of hydrogen-bond acceptors (Lipinski definition) is 5. The van der Waals surface area contributed by atoms with Crippen LogP contribution in [0.4, 0.5) is 0 Å². The first kappa shape index (κ1) is 16.9. The zero-order valence-electron chi connectivity index (χ0n) is 13.0. The van der Waals surface area contributed by atoms with Gasteiger partial charge in [-0.15, -0.1) is 0 Å². The van der Waals surface area contributed by atoms with E-state index in [-0.39, 0.29) is 11.8 Å². The minimum Gasteiger partial charge on any atom is -0.356 e. The van der Waals surface area contributed by atoms with Gasteiger partial charge in [0.1, 0.15) is 11.7 Å². The van der Waals surface area contributed by atoms with Crippen LogP contribution in [0.1, 0.15) is 31.5 Å². The Kier molecular flexibility index (Phi) is 6.96. The summed E-state index contributed by atoms with van der Waals surface area (Å²) in [6.07, 6.45) is 7.74. The van der Waals surface area contributed by atoms with Crippen LogP contribution in [0.3, 0.4) is 0 Å². The number of hydrogen-bond donors (Lipinski definition) is 3. The van der Waals surface area contributed by atoms with Crippen LogP contribution in [-0.4, -0.2) is 53.5 Å². The van der Waals surface area contributed by atoms with E-state index in [2.05, 4.69) is 30.6 Å². The molecule has 0 saturated carbocycles. The van der Waals surface area contributed by atoms with Crippen molar-refractivity contribution in [1.82, 2.24) is 20.6 Å². The Morgan fingerprint density at radius 2 is 1.87 bits per heavy atom. The number of H-pyrrole nitrogens is 1.